The molecule has 0 aliphatic heterocycles. The highest BCUT2D eigenvalue weighted by atomic mass is 32.2. The first-order chi connectivity index (χ1) is 11.9. The van der Waals surface area contributed by atoms with E-state index in [-0.39, 0.29) is 5.56 Å². The quantitative estimate of drug-likeness (QED) is 0.700. The zero-order valence-corrected chi connectivity index (χ0v) is 13.9. The number of benzene rings is 1. The minimum atomic E-state index is -3.39. The van der Waals surface area contributed by atoms with Crippen LogP contribution < -0.4 is 10.3 Å². The molecule has 0 unspecified atom stereocenters. The van der Waals surface area contributed by atoms with Gasteiger partial charge in [-0.05, 0) is 17.7 Å². The van der Waals surface area contributed by atoms with Gasteiger partial charge in [-0.1, -0.05) is 24.3 Å². The number of sulfonamides is 1. The molecule has 25 heavy (non-hydrogen) atoms. The van der Waals surface area contributed by atoms with Gasteiger partial charge in [-0.3, -0.25) is 14.6 Å². The molecule has 3 rings (SSSR count). The van der Waals surface area contributed by atoms with Gasteiger partial charge < -0.3 is 0 Å². The van der Waals surface area contributed by atoms with E-state index in [4.69, 9.17) is 6.57 Å². The molecular weight excluding hydrogens is 342 g/mol. The number of nitrogens with zero attached hydrogens (tertiary/aromatic N) is 3. The third-order valence-electron chi connectivity index (χ3n) is 3.36. The second-order valence-electron chi connectivity index (χ2n) is 5.27. The smallest absolute Gasteiger partial charge is 0.280 e. The summed E-state index contributed by atoms with van der Waals surface area (Å²) >= 11 is 0. The van der Waals surface area contributed by atoms with Crippen LogP contribution in [0.2, 0.25) is 0 Å². The molecular formula is C16H13N5O3S. The summed E-state index contributed by atoms with van der Waals surface area (Å²) in [4.78, 5) is 20.0. The molecule has 1 aromatic carbocycles. The van der Waals surface area contributed by atoms with Gasteiger partial charge in [0.15, 0.2) is 11.5 Å². The fourth-order valence-electron chi connectivity index (χ4n) is 2.26. The molecule has 0 saturated carbocycles. The molecule has 0 radical (unpaired) electrons. The Morgan fingerprint density at radius 3 is 2.48 bits per heavy atom. The second kappa shape index (κ2) is 6.26. The van der Waals surface area contributed by atoms with Gasteiger partial charge in [0.2, 0.25) is 10.0 Å². The Hall–Kier alpha value is -3.38. The molecule has 0 aliphatic rings. The largest absolute Gasteiger partial charge is 0.296 e. The van der Waals surface area contributed by atoms with Gasteiger partial charge in [-0.15, -0.1) is 0 Å². The van der Waals surface area contributed by atoms with Crippen molar-refractivity contribution in [3.05, 3.63) is 70.6 Å². The molecule has 0 fully saturated rings. The van der Waals surface area contributed by atoms with Crippen LogP contribution in [0, 0.1) is 6.57 Å². The minimum Gasteiger partial charge on any atom is -0.296 e. The van der Waals surface area contributed by atoms with Crippen molar-refractivity contribution >= 4 is 21.4 Å². The molecule has 9 heteroatoms. The number of hydrogen-bond donors (Lipinski definition) is 2. The van der Waals surface area contributed by atoms with Crippen LogP contribution in [0.15, 0.2) is 53.6 Å². The normalized spacial score (nSPS) is 11.0. The van der Waals surface area contributed by atoms with Crippen LogP contribution in [-0.2, 0) is 10.0 Å². The molecule has 0 aliphatic carbocycles. The molecule has 0 atom stereocenters. The van der Waals surface area contributed by atoms with Crippen LogP contribution in [-0.4, -0.2) is 29.4 Å². The van der Waals surface area contributed by atoms with Gasteiger partial charge >= 0.3 is 0 Å². The fourth-order valence-corrected chi connectivity index (χ4v) is 2.80. The van der Waals surface area contributed by atoms with Gasteiger partial charge in [0, 0.05) is 6.20 Å². The summed E-state index contributed by atoms with van der Waals surface area (Å²) in [6.45, 7) is 6.95. The lowest BCUT2D eigenvalue weighted by molar-refractivity contribution is 0.607. The zero-order valence-electron chi connectivity index (χ0n) is 13.1. The Bertz CT molecular complexity index is 1100. The second-order valence-corrected chi connectivity index (χ2v) is 7.01. The summed E-state index contributed by atoms with van der Waals surface area (Å²) < 4.78 is 26.0. The molecule has 0 spiro atoms. The number of pyridine rings is 1. The molecule has 2 heterocycles. The number of aromatic amines is 1. The van der Waals surface area contributed by atoms with E-state index in [2.05, 4.69) is 19.6 Å². The van der Waals surface area contributed by atoms with Crippen LogP contribution in [0.25, 0.3) is 21.8 Å². The van der Waals surface area contributed by atoms with Crippen molar-refractivity contribution in [2.24, 2.45) is 0 Å². The molecule has 0 bridgehead atoms. The van der Waals surface area contributed by atoms with E-state index in [1.807, 2.05) is 0 Å². The Morgan fingerprint density at radius 2 is 1.92 bits per heavy atom. The first kappa shape index (κ1) is 16.5. The number of anilines is 1. The van der Waals surface area contributed by atoms with Crippen molar-refractivity contribution < 1.29 is 8.42 Å². The molecule has 3 aromatic rings. The Balaban J connectivity index is 1.93. The van der Waals surface area contributed by atoms with E-state index in [1.165, 1.54) is 23.0 Å². The number of rotatable bonds is 4. The molecule has 2 N–H and O–H groups in total. The van der Waals surface area contributed by atoms with Gasteiger partial charge in [-0.25, -0.2) is 22.9 Å². The zero-order chi connectivity index (χ0) is 18.0. The topological polar surface area (TPSA) is 101 Å². The number of H-pyrrole nitrogens is 1. The highest BCUT2D eigenvalue weighted by Gasteiger charge is 2.11. The average molecular weight is 355 g/mol. The number of hydrogen-bond acceptors (Lipinski definition) is 4. The standard InChI is InChI=1S/C16H13N5O3S/c1-17-12-5-3-11(4-6-12)14-10-19-21(16(14)22)15-8-7-13(9-18-15)20-25(2,23)24/h3-10,19-20H,2H3. The van der Waals surface area contributed by atoms with Crippen LogP contribution >= 0.6 is 0 Å². The third kappa shape index (κ3) is 3.59. The van der Waals surface area contributed by atoms with Gasteiger partial charge in [-0.2, -0.15) is 0 Å². The lowest BCUT2D eigenvalue weighted by atomic mass is 10.1. The molecule has 8 nitrogen and oxygen atoms in total. The van der Waals surface area contributed by atoms with Crippen molar-refractivity contribution in [3.8, 4) is 16.9 Å². The number of aromatic nitrogens is 3. The lowest BCUT2D eigenvalue weighted by Crippen LogP contribution is -2.17. The summed E-state index contributed by atoms with van der Waals surface area (Å²) in [5.41, 5.74) is 1.63. The lowest BCUT2D eigenvalue weighted by Gasteiger charge is -2.04. The summed E-state index contributed by atoms with van der Waals surface area (Å²) in [6, 6.07) is 9.73. The molecule has 0 saturated heterocycles. The Kier molecular flexibility index (Phi) is 4.12. The van der Waals surface area contributed by atoms with E-state index in [0.717, 1.165) is 6.26 Å². The molecule has 2 aromatic heterocycles. The first-order valence-electron chi connectivity index (χ1n) is 7.10. The van der Waals surface area contributed by atoms with Crippen molar-refractivity contribution in [1.82, 2.24) is 14.8 Å². The van der Waals surface area contributed by atoms with Crippen molar-refractivity contribution in [3.63, 3.8) is 0 Å². The van der Waals surface area contributed by atoms with Crippen LogP contribution in [0.5, 0.6) is 0 Å². The van der Waals surface area contributed by atoms with Crippen LogP contribution in [0.1, 0.15) is 0 Å². The van der Waals surface area contributed by atoms with Crippen LogP contribution in [0.4, 0.5) is 11.4 Å². The van der Waals surface area contributed by atoms with Gasteiger partial charge in [0.05, 0.1) is 30.3 Å². The van der Waals surface area contributed by atoms with E-state index >= 15 is 0 Å². The first-order valence-corrected chi connectivity index (χ1v) is 8.99. The average Bonchev–Trinajstić information content (AvgIpc) is 2.96. The summed E-state index contributed by atoms with van der Waals surface area (Å²) in [5, 5.41) is 2.83. The van der Waals surface area contributed by atoms with E-state index in [9.17, 15) is 13.2 Å². The van der Waals surface area contributed by atoms with Crippen molar-refractivity contribution in [2.75, 3.05) is 11.0 Å². The van der Waals surface area contributed by atoms with Gasteiger partial charge in [0.1, 0.15) is 0 Å². The summed E-state index contributed by atoms with van der Waals surface area (Å²) in [6.07, 6.45) is 3.93. The molecule has 0 amide bonds. The van der Waals surface area contributed by atoms with Crippen molar-refractivity contribution in [2.45, 2.75) is 0 Å². The predicted molar refractivity (Wildman–Crippen MR) is 94.3 cm³/mol. The Morgan fingerprint density at radius 1 is 1.20 bits per heavy atom. The van der Waals surface area contributed by atoms with E-state index in [1.54, 1.807) is 30.5 Å². The van der Waals surface area contributed by atoms with Crippen molar-refractivity contribution in [1.29, 1.82) is 0 Å². The maximum absolute atomic E-state index is 12.6. The molecule has 126 valence electrons. The highest BCUT2D eigenvalue weighted by molar-refractivity contribution is 7.92. The summed E-state index contributed by atoms with van der Waals surface area (Å²) in [5.74, 6) is 0.327. The van der Waals surface area contributed by atoms with E-state index < -0.39 is 10.0 Å². The fraction of sp³-hybridized carbons (Fsp3) is 0.0625. The maximum Gasteiger partial charge on any atom is 0.280 e. The maximum atomic E-state index is 12.6. The third-order valence-corrected chi connectivity index (χ3v) is 3.97. The predicted octanol–water partition coefficient (Wildman–Crippen LogP) is 2.15. The highest BCUT2D eigenvalue weighted by Crippen LogP contribution is 2.20. The monoisotopic (exact) mass is 355 g/mol. The van der Waals surface area contributed by atoms with E-state index in [0.29, 0.717) is 28.3 Å². The number of nitrogens with one attached hydrogen (secondary N) is 2. The SMILES string of the molecule is [C-]#[N+]c1ccc(-c2c[nH]n(-c3ccc(NS(C)(=O)=O)cn3)c2=O)cc1. The minimum absolute atomic E-state index is 0.299. The van der Waals surface area contributed by atoms with Gasteiger partial charge in [0.25, 0.3) is 5.56 Å². The Labute approximate surface area is 143 Å². The summed E-state index contributed by atoms with van der Waals surface area (Å²) in [7, 11) is -3.39. The van der Waals surface area contributed by atoms with Crippen LogP contribution in [0.3, 0.4) is 0 Å².